The molecule has 40 heavy (non-hydrogen) atoms. The highest BCUT2D eigenvalue weighted by atomic mass is 35.5. The van der Waals surface area contributed by atoms with Crippen molar-refractivity contribution < 1.29 is 9.53 Å². The summed E-state index contributed by atoms with van der Waals surface area (Å²) in [6.07, 6.45) is 6.17. The molecule has 5 heterocycles. The molecular weight excluding hydrogens is 538 g/mol. The lowest BCUT2D eigenvalue weighted by atomic mass is 10.2. The number of ether oxygens (including phenoxy) is 1. The Labute approximate surface area is 232 Å². The van der Waals surface area contributed by atoms with Gasteiger partial charge in [0.15, 0.2) is 28.9 Å². The second-order valence-electron chi connectivity index (χ2n) is 8.26. The van der Waals surface area contributed by atoms with E-state index in [9.17, 15) is 9.59 Å². The molecule has 15 heteroatoms. The molecule has 0 unspecified atom stereocenters. The van der Waals surface area contributed by atoms with Crippen LogP contribution in [0.1, 0.15) is 10.5 Å². The number of pyridine rings is 3. The molecule has 0 spiro atoms. The van der Waals surface area contributed by atoms with Crippen molar-refractivity contribution in [1.82, 2.24) is 44.8 Å². The second-order valence-corrected chi connectivity index (χ2v) is 8.70. The van der Waals surface area contributed by atoms with Gasteiger partial charge in [0.05, 0.1) is 35.3 Å². The predicted molar refractivity (Wildman–Crippen MR) is 148 cm³/mol. The van der Waals surface area contributed by atoms with Crippen LogP contribution in [0.4, 0.5) is 23.1 Å². The van der Waals surface area contributed by atoms with Crippen LogP contribution >= 0.6 is 11.6 Å². The molecule has 0 aromatic carbocycles. The molecule has 1 amide bonds. The number of nitrogens with one attached hydrogen (secondary N) is 3. The highest BCUT2D eigenvalue weighted by Gasteiger charge is 2.20. The zero-order chi connectivity index (χ0) is 28.2. The van der Waals surface area contributed by atoms with E-state index in [2.05, 4.69) is 46.2 Å². The first-order chi connectivity index (χ1) is 19.4. The molecule has 14 nitrogen and oxygen atoms in total. The number of carbonyl (C=O) groups excluding carboxylic acids is 1. The number of aryl methyl sites for hydroxylation is 1. The topological polar surface area (TPSA) is 167 Å². The number of carbonyl (C=O) groups is 1. The Morgan fingerprint density at radius 3 is 2.58 bits per heavy atom. The molecule has 0 saturated heterocycles. The third-order valence-electron chi connectivity index (χ3n) is 5.60. The lowest BCUT2D eigenvalue weighted by molar-refractivity contribution is 0.0958. The molecule has 0 aliphatic carbocycles. The number of halogens is 1. The van der Waals surface area contributed by atoms with Gasteiger partial charge >= 0.3 is 0 Å². The first-order valence-electron chi connectivity index (χ1n) is 11.7. The van der Waals surface area contributed by atoms with E-state index < -0.39 is 5.91 Å². The third-order valence-corrected chi connectivity index (χ3v) is 5.82. The SMILES string of the molecule is CNC(=O)c1nnc(Nc2ccc(-n3cc(Cl)ccc3=O)cn2)cc1Nc1nccc(-c2ncn(C)n2)c1OC. The summed E-state index contributed by atoms with van der Waals surface area (Å²) in [5, 5.41) is 21.7. The number of hydrogen-bond donors (Lipinski definition) is 3. The highest BCUT2D eigenvalue weighted by Crippen LogP contribution is 2.35. The summed E-state index contributed by atoms with van der Waals surface area (Å²) < 4.78 is 8.58. The number of anilines is 4. The van der Waals surface area contributed by atoms with E-state index >= 15 is 0 Å². The van der Waals surface area contributed by atoms with Crippen molar-refractivity contribution in [2.45, 2.75) is 0 Å². The van der Waals surface area contributed by atoms with Crippen LogP contribution in [0.15, 0.2) is 66.1 Å². The number of amides is 1. The smallest absolute Gasteiger partial charge is 0.273 e. The molecule has 3 N–H and O–H groups in total. The van der Waals surface area contributed by atoms with Crippen LogP contribution in [0.2, 0.25) is 5.02 Å². The lowest BCUT2D eigenvalue weighted by Gasteiger charge is -2.15. The maximum Gasteiger partial charge on any atom is 0.273 e. The van der Waals surface area contributed by atoms with Crippen molar-refractivity contribution in [3.63, 3.8) is 0 Å². The van der Waals surface area contributed by atoms with Crippen LogP contribution < -0.4 is 26.2 Å². The van der Waals surface area contributed by atoms with Crippen molar-refractivity contribution in [2.24, 2.45) is 7.05 Å². The number of hydrogen-bond acceptors (Lipinski definition) is 11. The second kappa shape index (κ2) is 11.2. The highest BCUT2D eigenvalue weighted by molar-refractivity contribution is 6.30. The van der Waals surface area contributed by atoms with E-state index in [1.54, 1.807) is 48.5 Å². The molecule has 0 aliphatic heterocycles. The van der Waals surface area contributed by atoms with Gasteiger partial charge in [-0.3, -0.25) is 18.8 Å². The van der Waals surface area contributed by atoms with E-state index in [1.165, 1.54) is 43.3 Å². The Hall–Kier alpha value is -5.37. The van der Waals surface area contributed by atoms with Gasteiger partial charge in [0.25, 0.3) is 11.5 Å². The van der Waals surface area contributed by atoms with Crippen molar-refractivity contribution in [3.8, 4) is 22.8 Å². The van der Waals surface area contributed by atoms with Crippen molar-refractivity contribution in [2.75, 3.05) is 24.8 Å². The summed E-state index contributed by atoms with van der Waals surface area (Å²) in [5.41, 5.74) is 1.22. The molecule has 5 rings (SSSR count). The summed E-state index contributed by atoms with van der Waals surface area (Å²) in [6.45, 7) is 0. The molecule has 0 saturated carbocycles. The van der Waals surface area contributed by atoms with Gasteiger partial charge in [0.1, 0.15) is 12.1 Å². The van der Waals surface area contributed by atoms with Gasteiger partial charge in [0.2, 0.25) is 0 Å². The molecule has 0 aliphatic rings. The average Bonchev–Trinajstić information content (AvgIpc) is 3.40. The van der Waals surface area contributed by atoms with Gasteiger partial charge in [-0.2, -0.15) is 5.10 Å². The monoisotopic (exact) mass is 559 g/mol. The predicted octanol–water partition coefficient (Wildman–Crippen LogP) is 2.72. The lowest BCUT2D eigenvalue weighted by Crippen LogP contribution is -2.21. The minimum atomic E-state index is -0.461. The van der Waals surface area contributed by atoms with E-state index in [-0.39, 0.29) is 17.1 Å². The fourth-order valence-electron chi connectivity index (χ4n) is 3.74. The molecule has 5 aromatic heterocycles. The van der Waals surface area contributed by atoms with E-state index in [0.29, 0.717) is 45.2 Å². The number of methoxy groups -OCH3 is 1. The average molecular weight is 560 g/mol. The Morgan fingerprint density at radius 2 is 1.88 bits per heavy atom. The first-order valence-corrected chi connectivity index (χ1v) is 12.1. The summed E-state index contributed by atoms with van der Waals surface area (Å²) in [7, 11) is 4.75. The van der Waals surface area contributed by atoms with Crippen LogP contribution in [-0.4, -0.2) is 59.6 Å². The van der Waals surface area contributed by atoms with E-state index in [0.717, 1.165) is 0 Å². The van der Waals surface area contributed by atoms with E-state index in [1.807, 2.05) is 0 Å². The molecule has 5 aromatic rings. The van der Waals surface area contributed by atoms with Gasteiger partial charge in [0, 0.05) is 38.6 Å². The van der Waals surface area contributed by atoms with Crippen LogP contribution in [0.5, 0.6) is 5.75 Å². The van der Waals surface area contributed by atoms with Crippen LogP contribution in [0, 0.1) is 0 Å². The van der Waals surface area contributed by atoms with Gasteiger partial charge in [-0.05, 0) is 24.3 Å². The fraction of sp³-hybridized carbons (Fsp3) is 0.120. The Balaban J connectivity index is 1.46. The summed E-state index contributed by atoms with van der Waals surface area (Å²) in [6, 6.07) is 9.57. The molecule has 0 radical (unpaired) electrons. The standard InChI is InChI=1S/C25H22ClN11O3/c1-27-25(39)21-17(31-24-22(40-3)16(8-9-28-24)23-30-13-36(2)35-23)10-19(33-34-21)32-18-6-5-15(11-29-18)37-12-14(26)4-7-20(37)38/h4-13H,1-3H3,(H,27,39)(H2,28,29,31,32,33). The first kappa shape index (κ1) is 26.2. The Bertz CT molecular complexity index is 1750. The fourth-order valence-corrected chi connectivity index (χ4v) is 3.90. The van der Waals surface area contributed by atoms with Crippen molar-refractivity contribution in [1.29, 1.82) is 0 Å². The molecule has 202 valence electrons. The maximum atomic E-state index is 12.6. The quantitative estimate of drug-likeness (QED) is 0.256. The number of nitrogens with zero attached hydrogens (tertiary/aromatic N) is 8. The Kier molecular flexibility index (Phi) is 7.33. The summed E-state index contributed by atoms with van der Waals surface area (Å²) >= 11 is 6.02. The number of aromatic nitrogens is 8. The van der Waals surface area contributed by atoms with Gasteiger partial charge in [-0.25, -0.2) is 15.0 Å². The minimum absolute atomic E-state index is 0.0295. The molecule has 0 bridgehead atoms. The third kappa shape index (κ3) is 5.42. The molecular formula is C25H22ClN11O3. The van der Waals surface area contributed by atoms with Gasteiger partial charge in [-0.1, -0.05) is 11.6 Å². The van der Waals surface area contributed by atoms with Crippen molar-refractivity contribution in [3.05, 3.63) is 82.4 Å². The van der Waals surface area contributed by atoms with Crippen LogP contribution in [-0.2, 0) is 7.05 Å². The summed E-state index contributed by atoms with van der Waals surface area (Å²) in [5.74, 6) is 1.38. The molecule has 0 atom stereocenters. The van der Waals surface area contributed by atoms with Gasteiger partial charge < -0.3 is 20.7 Å². The minimum Gasteiger partial charge on any atom is -0.492 e. The zero-order valence-corrected chi connectivity index (χ0v) is 22.2. The maximum absolute atomic E-state index is 12.6. The Morgan fingerprint density at radius 1 is 1.02 bits per heavy atom. The van der Waals surface area contributed by atoms with E-state index in [4.69, 9.17) is 16.3 Å². The van der Waals surface area contributed by atoms with Crippen molar-refractivity contribution >= 4 is 40.6 Å². The van der Waals surface area contributed by atoms with Gasteiger partial charge in [-0.15, -0.1) is 10.2 Å². The normalized spacial score (nSPS) is 10.7. The van der Waals surface area contributed by atoms with Crippen LogP contribution in [0.25, 0.3) is 17.1 Å². The number of rotatable bonds is 8. The largest absolute Gasteiger partial charge is 0.492 e. The van der Waals surface area contributed by atoms with Crippen LogP contribution in [0.3, 0.4) is 0 Å². The zero-order valence-electron chi connectivity index (χ0n) is 21.5. The molecule has 0 fully saturated rings. The summed E-state index contributed by atoms with van der Waals surface area (Å²) in [4.78, 5) is 37.8.